The molecule has 0 aromatic heterocycles. The van der Waals surface area contributed by atoms with Crippen LogP contribution < -0.4 is 5.32 Å². The van der Waals surface area contributed by atoms with Crippen LogP contribution in [0.5, 0.6) is 0 Å². The van der Waals surface area contributed by atoms with Gasteiger partial charge in [0.25, 0.3) is 0 Å². The highest BCUT2D eigenvalue weighted by atomic mass is 16.3. The fraction of sp³-hybridized carbons (Fsp3) is 1.00. The van der Waals surface area contributed by atoms with Crippen molar-refractivity contribution in [2.24, 2.45) is 11.8 Å². The van der Waals surface area contributed by atoms with E-state index >= 15 is 0 Å². The van der Waals surface area contributed by atoms with Gasteiger partial charge < -0.3 is 10.4 Å². The second-order valence-electron chi connectivity index (χ2n) is 3.96. The van der Waals surface area contributed by atoms with Crippen molar-refractivity contribution < 1.29 is 5.11 Å². The zero-order chi connectivity index (χ0) is 7.68. The van der Waals surface area contributed by atoms with Crippen molar-refractivity contribution in [2.75, 3.05) is 13.2 Å². The van der Waals surface area contributed by atoms with Gasteiger partial charge in [0.15, 0.2) is 0 Å². The second-order valence-corrected chi connectivity index (χ2v) is 3.96. The van der Waals surface area contributed by atoms with Crippen LogP contribution in [0.4, 0.5) is 0 Å². The van der Waals surface area contributed by atoms with Gasteiger partial charge in [-0.15, -0.1) is 0 Å². The van der Waals surface area contributed by atoms with Gasteiger partial charge >= 0.3 is 0 Å². The lowest BCUT2D eigenvalue weighted by atomic mass is 9.95. The number of aliphatic hydroxyl groups is 1. The van der Waals surface area contributed by atoms with Gasteiger partial charge in [-0.05, 0) is 31.1 Å². The molecule has 2 saturated carbocycles. The van der Waals surface area contributed by atoms with Crippen molar-refractivity contribution in [3.8, 4) is 0 Å². The molecule has 0 aromatic rings. The van der Waals surface area contributed by atoms with Crippen LogP contribution in [0.3, 0.4) is 0 Å². The smallest absolute Gasteiger partial charge is 0.0556 e. The van der Waals surface area contributed by atoms with Crippen LogP contribution in [0.15, 0.2) is 0 Å². The van der Waals surface area contributed by atoms with E-state index in [0.717, 1.165) is 24.4 Å². The second kappa shape index (κ2) is 3.11. The first-order valence-corrected chi connectivity index (χ1v) is 4.74. The molecule has 0 aromatic carbocycles. The van der Waals surface area contributed by atoms with Gasteiger partial charge in [-0.25, -0.2) is 0 Å². The summed E-state index contributed by atoms with van der Waals surface area (Å²) in [5, 5.41) is 12.0. The fourth-order valence-corrected chi connectivity index (χ4v) is 2.74. The van der Waals surface area contributed by atoms with E-state index < -0.39 is 0 Å². The van der Waals surface area contributed by atoms with E-state index in [4.69, 9.17) is 5.11 Å². The predicted octanol–water partition coefficient (Wildman–Crippen LogP) is 0.757. The maximum absolute atomic E-state index is 8.63. The minimum absolute atomic E-state index is 0.286. The Morgan fingerprint density at radius 2 is 2.18 bits per heavy atom. The average Bonchev–Trinajstić information content (AvgIpc) is 2.60. The summed E-state index contributed by atoms with van der Waals surface area (Å²) in [5.41, 5.74) is 0. The molecule has 0 radical (unpaired) electrons. The van der Waals surface area contributed by atoms with E-state index in [1.54, 1.807) is 0 Å². The van der Waals surface area contributed by atoms with Gasteiger partial charge in [-0.1, -0.05) is 6.42 Å². The fourth-order valence-electron chi connectivity index (χ4n) is 2.74. The number of hydrogen-bond donors (Lipinski definition) is 2. The number of nitrogens with one attached hydrogen (secondary N) is 1. The van der Waals surface area contributed by atoms with Crippen molar-refractivity contribution in [3.63, 3.8) is 0 Å². The van der Waals surface area contributed by atoms with Gasteiger partial charge in [0.1, 0.15) is 0 Å². The van der Waals surface area contributed by atoms with E-state index in [-0.39, 0.29) is 6.61 Å². The van der Waals surface area contributed by atoms with Gasteiger partial charge in [0, 0.05) is 12.6 Å². The van der Waals surface area contributed by atoms with Crippen LogP contribution in [-0.2, 0) is 0 Å². The van der Waals surface area contributed by atoms with E-state index in [1.165, 1.54) is 25.7 Å². The van der Waals surface area contributed by atoms with Gasteiger partial charge in [-0.3, -0.25) is 0 Å². The zero-order valence-corrected chi connectivity index (χ0v) is 6.92. The van der Waals surface area contributed by atoms with Gasteiger partial charge in [-0.2, -0.15) is 0 Å². The predicted molar refractivity (Wildman–Crippen MR) is 44.3 cm³/mol. The third-order valence-corrected chi connectivity index (χ3v) is 3.26. The molecule has 2 N–H and O–H groups in total. The first kappa shape index (κ1) is 7.56. The molecule has 2 heteroatoms. The monoisotopic (exact) mass is 155 g/mol. The molecular weight excluding hydrogens is 138 g/mol. The van der Waals surface area contributed by atoms with E-state index in [2.05, 4.69) is 5.32 Å². The average molecular weight is 155 g/mol. The quantitative estimate of drug-likeness (QED) is 0.630. The molecule has 2 nitrogen and oxygen atoms in total. The van der Waals surface area contributed by atoms with Crippen LogP contribution in [-0.4, -0.2) is 24.3 Å². The first-order chi connectivity index (χ1) is 5.40. The SMILES string of the molecule is OCCNC1CC2CCC1C2. The summed E-state index contributed by atoms with van der Waals surface area (Å²) < 4.78 is 0. The Morgan fingerprint density at radius 1 is 1.27 bits per heavy atom. The molecule has 0 saturated heterocycles. The lowest BCUT2D eigenvalue weighted by Gasteiger charge is -2.22. The highest BCUT2D eigenvalue weighted by molar-refractivity contribution is 4.93. The Hall–Kier alpha value is -0.0800. The van der Waals surface area contributed by atoms with Crippen molar-refractivity contribution in [1.29, 1.82) is 0 Å². The standard InChI is InChI=1S/C9H17NO/c11-4-3-10-9-6-7-1-2-8(9)5-7/h7-11H,1-6H2. The highest BCUT2D eigenvalue weighted by Gasteiger charge is 2.38. The molecule has 2 aliphatic rings. The number of rotatable bonds is 3. The molecule has 3 unspecified atom stereocenters. The molecule has 2 bridgehead atoms. The molecule has 3 atom stereocenters. The summed E-state index contributed by atoms with van der Waals surface area (Å²) >= 11 is 0. The van der Waals surface area contributed by atoms with E-state index in [9.17, 15) is 0 Å². The third kappa shape index (κ3) is 1.42. The largest absolute Gasteiger partial charge is 0.395 e. The molecule has 0 amide bonds. The Balaban J connectivity index is 1.78. The minimum Gasteiger partial charge on any atom is -0.395 e. The Labute approximate surface area is 68.0 Å². The Morgan fingerprint density at radius 3 is 2.73 bits per heavy atom. The summed E-state index contributed by atoms with van der Waals surface area (Å²) in [4.78, 5) is 0. The molecular formula is C9H17NO. The van der Waals surface area contributed by atoms with Crippen LogP contribution in [0.1, 0.15) is 25.7 Å². The van der Waals surface area contributed by atoms with Crippen LogP contribution >= 0.6 is 0 Å². The molecule has 11 heavy (non-hydrogen) atoms. The van der Waals surface area contributed by atoms with Crippen molar-refractivity contribution >= 4 is 0 Å². The third-order valence-electron chi connectivity index (χ3n) is 3.26. The van der Waals surface area contributed by atoms with E-state index in [0.29, 0.717) is 0 Å². The summed E-state index contributed by atoms with van der Waals surface area (Å²) in [6.45, 7) is 1.07. The molecule has 0 aliphatic heterocycles. The first-order valence-electron chi connectivity index (χ1n) is 4.74. The summed E-state index contributed by atoms with van der Waals surface area (Å²) in [7, 11) is 0. The van der Waals surface area contributed by atoms with Crippen molar-refractivity contribution in [3.05, 3.63) is 0 Å². The molecule has 2 rings (SSSR count). The topological polar surface area (TPSA) is 32.3 Å². The van der Waals surface area contributed by atoms with Crippen LogP contribution in [0.2, 0.25) is 0 Å². The molecule has 0 spiro atoms. The molecule has 0 heterocycles. The van der Waals surface area contributed by atoms with Crippen LogP contribution in [0, 0.1) is 11.8 Å². The zero-order valence-electron chi connectivity index (χ0n) is 6.92. The number of aliphatic hydroxyl groups excluding tert-OH is 1. The van der Waals surface area contributed by atoms with Gasteiger partial charge in [0.05, 0.1) is 6.61 Å². The normalized spacial score (nSPS) is 41.7. The number of hydrogen-bond acceptors (Lipinski definition) is 2. The maximum atomic E-state index is 8.63. The summed E-state index contributed by atoms with van der Waals surface area (Å²) in [6, 6.07) is 0.737. The summed E-state index contributed by atoms with van der Waals surface area (Å²) in [6.07, 6.45) is 5.70. The van der Waals surface area contributed by atoms with Gasteiger partial charge in [0.2, 0.25) is 0 Å². The molecule has 64 valence electrons. The highest BCUT2D eigenvalue weighted by Crippen LogP contribution is 2.44. The lowest BCUT2D eigenvalue weighted by molar-refractivity contribution is 0.266. The van der Waals surface area contributed by atoms with E-state index in [1.807, 2.05) is 0 Å². The lowest BCUT2D eigenvalue weighted by Crippen LogP contribution is -2.35. The molecule has 2 aliphatic carbocycles. The van der Waals surface area contributed by atoms with Crippen LogP contribution in [0.25, 0.3) is 0 Å². The van der Waals surface area contributed by atoms with Crippen molar-refractivity contribution in [1.82, 2.24) is 5.32 Å². The Kier molecular flexibility index (Phi) is 2.14. The molecule has 2 fully saturated rings. The minimum atomic E-state index is 0.286. The van der Waals surface area contributed by atoms with Crippen molar-refractivity contribution in [2.45, 2.75) is 31.7 Å². The maximum Gasteiger partial charge on any atom is 0.0556 e. The number of fused-ring (bicyclic) bond motifs is 2. The Bertz CT molecular complexity index is 138. The summed E-state index contributed by atoms with van der Waals surface area (Å²) in [5.74, 6) is 1.95.